The summed E-state index contributed by atoms with van der Waals surface area (Å²) in [4.78, 5) is 34.3. The molecule has 1 amide bonds. The summed E-state index contributed by atoms with van der Waals surface area (Å²) < 4.78 is 5.99. The number of rotatable bonds is 3. The molecule has 0 bridgehead atoms. The fourth-order valence-corrected chi connectivity index (χ4v) is 4.99. The van der Waals surface area contributed by atoms with E-state index in [0.29, 0.717) is 27.6 Å². The lowest BCUT2D eigenvalue weighted by Gasteiger charge is -2.23. The van der Waals surface area contributed by atoms with Crippen LogP contribution in [-0.4, -0.2) is 10.9 Å². The average Bonchev–Trinajstić information content (AvgIpc) is 3.24. The van der Waals surface area contributed by atoms with Crippen molar-refractivity contribution in [1.29, 1.82) is 0 Å². The van der Waals surface area contributed by atoms with Crippen LogP contribution >= 0.6 is 11.3 Å². The second kappa shape index (κ2) is 7.17. The van der Waals surface area contributed by atoms with Crippen molar-refractivity contribution in [3.8, 4) is 0 Å². The number of nitrogens with zero attached hydrogens (tertiary/aromatic N) is 2. The number of carbonyl (C=O) groups is 1. The van der Waals surface area contributed by atoms with E-state index >= 15 is 0 Å². The van der Waals surface area contributed by atoms with Crippen LogP contribution in [0.3, 0.4) is 0 Å². The van der Waals surface area contributed by atoms with Crippen LogP contribution < -0.4 is 10.3 Å². The lowest BCUT2D eigenvalue weighted by Crippen LogP contribution is -2.29. The number of anilines is 1. The van der Waals surface area contributed by atoms with Gasteiger partial charge < -0.3 is 4.42 Å². The highest BCUT2D eigenvalue weighted by Gasteiger charge is 2.45. The summed E-state index contributed by atoms with van der Waals surface area (Å²) >= 11 is 1.45. The highest BCUT2D eigenvalue weighted by Crippen LogP contribution is 2.43. The van der Waals surface area contributed by atoms with Gasteiger partial charge in [-0.25, -0.2) is 4.98 Å². The van der Waals surface area contributed by atoms with Crippen LogP contribution in [0.5, 0.6) is 0 Å². The molecule has 0 saturated heterocycles. The summed E-state index contributed by atoms with van der Waals surface area (Å²) in [7, 11) is 0. The van der Waals surface area contributed by atoms with E-state index in [-0.39, 0.29) is 17.1 Å². The molecule has 5 nitrogen and oxygen atoms in total. The molecule has 0 unspecified atom stereocenters. The van der Waals surface area contributed by atoms with Gasteiger partial charge in [-0.05, 0) is 43.0 Å². The minimum Gasteiger partial charge on any atom is -0.450 e. The van der Waals surface area contributed by atoms with Gasteiger partial charge >= 0.3 is 0 Å². The van der Waals surface area contributed by atoms with Crippen molar-refractivity contribution in [3.05, 3.63) is 91.8 Å². The molecule has 4 aromatic rings. The van der Waals surface area contributed by atoms with E-state index in [9.17, 15) is 9.59 Å². The maximum atomic E-state index is 13.5. The van der Waals surface area contributed by atoms with Crippen LogP contribution in [-0.2, 0) is 0 Å². The molecule has 5 rings (SSSR count). The summed E-state index contributed by atoms with van der Waals surface area (Å²) in [6.07, 6.45) is 0. The Morgan fingerprint density at radius 3 is 2.39 bits per heavy atom. The van der Waals surface area contributed by atoms with Crippen LogP contribution in [0.25, 0.3) is 11.0 Å². The van der Waals surface area contributed by atoms with Gasteiger partial charge in [0.25, 0.3) is 5.91 Å². The minimum atomic E-state index is -0.575. The second-order valence-electron chi connectivity index (χ2n) is 8.21. The number of benzene rings is 2. The third-order valence-electron chi connectivity index (χ3n) is 5.92. The van der Waals surface area contributed by atoms with Crippen LogP contribution in [0.2, 0.25) is 0 Å². The van der Waals surface area contributed by atoms with Crippen LogP contribution in [0.4, 0.5) is 5.13 Å². The first-order chi connectivity index (χ1) is 14.9. The summed E-state index contributed by atoms with van der Waals surface area (Å²) in [5, 5.41) is 1.05. The van der Waals surface area contributed by atoms with E-state index in [4.69, 9.17) is 4.42 Å². The number of amides is 1. The summed E-state index contributed by atoms with van der Waals surface area (Å²) in [5.74, 6) is 0.164. The number of thiazole rings is 1. The van der Waals surface area contributed by atoms with Crippen molar-refractivity contribution in [2.45, 2.75) is 39.7 Å². The second-order valence-corrected chi connectivity index (χ2v) is 9.39. The standard InChI is InChI=1S/C25H22N2O3S/c1-13(2)16-9-11-17(12-10-16)21-20-22(28)18-7-5-6-8-19(18)30-23(20)24(29)27(21)25-26-14(3)15(4)31-25/h5-13,21H,1-4H3/t21-/m0/s1. The van der Waals surface area contributed by atoms with Gasteiger partial charge in [0.2, 0.25) is 5.76 Å². The van der Waals surface area contributed by atoms with Gasteiger partial charge in [0.05, 0.1) is 22.7 Å². The van der Waals surface area contributed by atoms with Crippen LogP contribution in [0.1, 0.15) is 63.6 Å². The van der Waals surface area contributed by atoms with Crippen molar-refractivity contribution >= 4 is 33.3 Å². The lowest BCUT2D eigenvalue weighted by molar-refractivity contribution is 0.0971. The van der Waals surface area contributed by atoms with Gasteiger partial charge in [-0.3, -0.25) is 14.5 Å². The number of aryl methyl sites for hydroxylation is 2. The van der Waals surface area contributed by atoms with Crippen molar-refractivity contribution in [2.24, 2.45) is 0 Å². The molecule has 1 aliphatic rings. The zero-order chi connectivity index (χ0) is 21.9. The molecule has 0 aliphatic carbocycles. The monoisotopic (exact) mass is 430 g/mol. The third kappa shape index (κ3) is 3.01. The molecular weight excluding hydrogens is 408 g/mol. The molecule has 0 N–H and O–H groups in total. The summed E-state index contributed by atoms with van der Waals surface area (Å²) in [5.41, 5.74) is 3.57. The molecule has 0 fully saturated rings. The van der Waals surface area contributed by atoms with Crippen molar-refractivity contribution < 1.29 is 9.21 Å². The average molecular weight is 431 g/mol. The van der Waals surface area contributed by atoms with E-state index in [0.717, 1.165) is 16.1 Å². The zero-order valence-electron chi connectivity index (χ0n) is 17.8. The molecule has 156 valence electrons. The Morgan fingerprint density at radius 1 is 1.03 bits per heavy atom. The summed E-state index contributed by atoms with van der Waals surface area (Å²) in [6, 6.07) is 14.6. The van der Waals surface area contributed by atoms with Gasteiger partial charge in [0.15, 0.2) is 10.6 Å². The Bertz CT molecular complexity index is 1360. The highest BCUT2D eigenvalue weighted by molar-refractivity contribution is 7.15. The third-order valence-corrected chi connectivity index (χ3v) is 6.99. The highest BCUT2D eigenvalue weighted by atomic mass is 32.1. The first-order valence-corrected chi connectivity index (χ1v) is 11.1. The van der Waals surface area contributed by atoms with Gasteiger partial charge in [-0.2, -0.15) is 0 Å². The molecule has 2 aromatic carbocycles. The fraction of sp³-hybridized carbons (Fsp3) is 0.240. The number of carbonyl (C=O) groups excluding carboxylic acids is 1. The smallest absolute Gasteiger partial charge is 0.297 e. The molecule has 1 atom stereocenters. The maximum absolute atomic E-state index is 13.5. The normalized spacial score (nSPS) is 15.8. The minimum absolute atomic E-state index is 0.104. The molecule has 1 aliphatic heterocycles. The number of hydrogen-bond donors (Lipinski definition) is 0. The summed E-state index contributed by atoms with van der Waals surface area (Å²) in [6.45, 7) is 8.18. The SMILES string of the molecule is Cc1nc(N2C(=O)c3oc4ccccc4c(=O)c3[C@@H]2c2ccc(C(C)C)cc2)sc1C. The quantitative estimate of drug-likeness (QED) is 0.416. The maximum Gasteiger partial charge on any atom is 0.297 e. The zero-order valence-corrected chi connectivity index (χ0v) is 18.6. The van der Waals surface area contributed by atoms with Gasteiger partial charge in [-0.15, -0.1) is 11.3 Å². The van der Waals surface area contributed by atoms with Gasteiger partial charge in [0.1, 0.15) is 5.58 Å². The first kappa shape index (κ1) is 19.7. The predicted octanol–water partition coefficient (Wildman–Crippen LogP) is 5.74. The lowest BCUT2D eigenvalue weighted by atomic mass is 9.95. The Hall–Kier alpha value is -3.25. The molecular formula is C25H22N2O3S. The van der Waals surface area contributed by atoms with Crippen molar-refractivity contribution in [3.63, 3.8) is 0 Å². The Morgan fingerprint density at radius 2 is 1.74 bits per heavy atom. The molecule has 2 aromatic heterocycles. The molecule has 3 heterocycles. The fourth-order valence-electron chi connectivity index (χ4n) is 4.05. The molecule has 31 heavy (non-hydrogen) atoms. The topological polar surface area (TPSA) is 63.4 Å². The molecule has 6 heteroatoms. The number of hydrogen-bond acceptors (Lipinski definition) is 5. The molecule has 0 spiro atoms. The predicted molar refractivity (Wildman–Crippen MR) is 123 cm³/mol. The van der Waals surface area contributed by atoms with Crippen LogP contribution in [0.15, 0.2) is 57.7 Å². The van der Waals surface area contributed by atoms with E-state index < -0.39 is 6.04 Å². The van der Waals surface area contributed by atoms with Crippen molar-refractivity contribution in [2.75, 3.05) is 4.90 Å². The van der Waals surface area contributed by atoms with Crippen molar-refractivity contribution in [1.82, 2.24) is 4.98 Å². The Labute approximate surface area is 184 Å². The first-order valence-electron chi connectivity index (χ1n) is 10.3. The van der Waals surface area contributed by atoms with E-state index in [1.54, 1.807) is 29.2 Å². The Kier molecular flexibility index (Phi) is 4.55. The van der Waals surface area contributed by atoms with Gasteiger partial charge in [-0.1, -0.05) is 50.2 Å². The number of para-hydroxylation sites is 1. The van der Waals surface area contributed by atoms with Gasteiger partial charge in [0, 0.05) is 4.88 Å². The molecule has 0 saturated carbocycles. The van der Waals surface area contributed by atoms with E-state index in [2.05, 4.69) is 31.0 Å². The van der Waals surface area contributed by atoms with Crippen LogP contribution in [0, 0.1) is 13.8 Å². The van der Waals surface area contributed by atoms with E-state index in [1.165, 1.54) is 16.9 Å². The largest absolute Gasteiger partial charge is 0.450 e. The number of aromatic nitrogens is 1. The number of fused-ring (bicyclic) bond motifs is 2. The Balaban J connectivity index is 1.78. The molecule has 0 radical (unpaired) electrons. The van der Waals surface area contributed by atoms with E-state index in [1.807, 2.05) is 26.0 Å².